The van der Waals surface area contributed by atoms with Crippen molar-refractivity contribution >= 4 is 17.5 Å². The first-order chi connectivity index (χ1) is 15.5. The van der Waals surface area contributed by atoms with Crippen LogP contribution < -0.4 is 15.6 Å². The molecule has 4 rings (SSSR count). The largest absolute Gasteiger partial charge is 0.496 e. The predicted octanol–water partition coefficient (Wildman–Crippen LogP) is 1.96. The summed E-state index contributed by atoms with van der Waals surface area (Å²) in [6, 6.07) is 6.99. The molecule has 1 aliphatic heterocycles. The first-order valence-electron chi connectivity index (χ1n) is 10.8. The molecular formula is C23H29N5O4. The van der Waals surface area contributed by atoms with Crippen LogP contribution in [0.5, 0.6) is 5.75 Å². The zero-order valence-corrected chi connectivity index (χ0v) is 18.7. The third-order valence-corrected chi connectivity index (χ3v) is 5.94. The molecule has 2 aliphatic rings. The number of piperazine rings is 1. The number of amides is 2. The number of likely N-dealkylation sites (N-methyl/N-ethyl adjacent to an activating group) is 1. The number of hydrogen-bond acceptors (Lipinski definition) is 7. The standard InChI is InChI=1S/C23H29N5O4/c1-15-20-17(24-25-22(29)16-7-4-5-9-18(16)31-3)8-6-10-19(20)32-21(15)23(30)26-28-13-11-27(2)12-14-28/h4-5,7,9H,6,8,10-14H2,1-3H3,(H,25,29)(H,26,30)/b24-17+. The molecule has 1 aromatic heterocycles. The summed E-state index contributed by atoms with van der Waals surface area (Å²) in [6.45, 7) is 5.20. The van der Waals surface area contributed by atoms with Crippen molar-refractivity contribution in [3.05, 3.63) is 52.5 Å². The van der Waals surface area contributed by atoms with Crippen LogP contribution in [-0.2, 0) is 6.42 Å². The Balaban J connectivity index is 1.51. The summed E-state index contributed by atoms with van der Waals surface area (Å²) in [7, 11) is 3.59. The van der Waals surface area contributed by atoms with Gasteiger partial charge < -0.3 is 14.1 Å². The van der Waals surface area contributed by atoms with Gasteiger partial charge in [0.2, 0.25) is 0 Å². The van der Waals surface area contributed by atoms with Gasteiger partial charge >= 0.3 is 5.91 Å². The number of benzene rings is 1. The van der Waals surface area contributed by atoms with Gasteiger partial charge in [0.1, 0.15) is 11.5 Å². The van der Waals surface area contributed by atoms with E-state index in [2.05, 4.69) is 27.9 Å². The molecule has 2 amide bonds. The van der Waals surface area contributed by atoms with Gasteiger partial charge in [0.15, 0.2) is 5.76 Å². The molecule has 2 heterocycles. The van der Waals surface area contributed by atoms with E-state index < -0.39 is 0 Å². The second-order valence-electron chi connectivity index (χ2n) is 8.14. The van der Waals surface area contributed by atoms with Crippen LogP contribution >= 0.6 is 0 Å². The first-order valence-corrected chi connectivity index (χ1v) is 10.8. The van der Waals surface area contributed by atoms with Crippen molar-refractivity contribution in [2.24, 2.45) is 5.10 Å². The lowest BCUT2D eigenvalue weighted by molar-refractivity contribution is 0.0634. The van der Waals surface area contributed by atoms with Gasteiger partial charge in [0.05, 0.1) is 18.4 Å². The molecule has 0 atom stereocenters. The van der Waals surface area contributed by atoms with E-state index in [9.17, 15) is 9.59 Å². The van der Waals surface area contributed by atoms with Gasteiger partial charge in [0.25, 0.3) is 5.91 Å². The van der Waals surface area contributed by atoms with Crippen molar-refractivity contribution in [1.29, 1.82) is 0 Å². The summed E-state index contributed by atoms with van der Waals surface area (Å²) in [5, 5.41) is 6.31. The minimum atomic E-state index is -0.351. The van der Waals surface area contributed by atoms with Crippen molar-refractivity contribution in [2.75, 3.05) is 40.3 Å². The van der Waals surface area contributed by atoms with Gasteiger partial charge in [-0.2, -0.15) is 5.10 Å². The number of hydrogen-bond donors (Lipinski definition) is 2. The molecule has 0 bridgehead atoms. The molecule has 1 aliphatic carbocycles. The molecule has 0 radical (unpaired) electrons. The third kappa shape index (κ3) is 4.53. The maximum Gasteiger partial charge on any atom is 0.301 e. The molecule has 1 aromatic carbocycles. The number of carbonyl (C=O) groups is 2. The van der Waals surface area contributed by atoms with Crippen molar-refractivity contribution < 1.29 is 18.7 Å². The minimum Gasteiger partial charge on any atom is -0.496 e. The Kier molecular flexibility index (Phi) is 6.57. The molecule has 2 aromatic rings. The monoisotopic (exact) mass is 439 g/mol. The zero-order chi connectivity index (χ0) is 22.7. The lowest BCUT2D eigenvalue weighted by Gasteiger charge is -2.32. The molecular weight excluding hydrogens is 410 g/mol. The number of hydrazine groups is 1. The SMILES string of the molecule is COc1ccccc1C(=O)N/N=C1\CCCc2oc(C(=O)NN3CCN(C)CC3)c(C)c21. The van der Waals surface area contributed by atoms with Gasteiger partial charge in [-0.1, -0.05) is 12.1 Å². The van der Waals surface area contributed by atoms with Crippen molar-refractivity contribution in [3.8, 4) is 5.75 Å². The van der Waals surface area contributed by atoms with Gasteiger partial charge in [-0.15, -0.1) is 0 Å². The zero-order valence-electron chi connectivity index (χ0n) is 18.7. The quantitative estimate of drug-likeness (QED) is 0.691. The highest BCUT2D eigenvalue weighted by molar-refractivity contribution is 6.07. The third-order valence-electron chi connectivity index (χ3n) is 5.94. The van der Waals surface area contributed by atoms with Crippen LogP contribution in [0.3, 0.4) is 0 Å². The molecule has 32 heavy (non-hydrogen) atoms. The van der Waals surface area contributed by atoms with E-state index in [1.807, 2.05) is 11.9 Å². The summed E-state index contributed by atoms with van der Waals surface area (Å²) < 4.78 is 11.2. The predicted molar refractivity (Wildman–Crippen MR) is 120 cm³/mol. The van der Waals surface area contributed by atoms with Gasteiger partial charge in [0, 0.05) is 43.7 Å². The maximum atomic E-state index is 12.9. The topological polar surface area (TPSA) is 99.4 Å². The van der Waals surface area contributed by atoms with E-state index >= 15 is 0 Å². The number of para-hydroxylation sites is 1. The lowest BCUT2D eigenvalue weighted by Crippen LogP contribution is -2.52. The number of fused-ring (bicyclic) bond motifs is 1. The number of aryl methyl sites for hydroxylation is 1. The smallest absolute Gasteiger partial charge is 0.301 e. The van der Waals surface area contributed by atoms with E-state index in [1.165, 1.54) is 7.11 Å². The molecule has 1 saturated heterocycles. The number of methoxy groups -OCH3 is 1. The molecule has 1 fully saturated rings. The van der Waals surface area contributed by atoms with Gasteiger partial charge in [-0.05, 0) is 38.9 Å². The van der Waals surface area contributed by atoms with Gasteiger partial charge in [-0.3, -0.25) is 15.0 Å². The summed E-state index contributed by atoms with van der Waals surface area (Å²) in [4.78, 5) is 27.7. The number of nitrogens with zero attached hydrogens (tertiary/aromatic N) is 3. The molecule has 0 spiro atoms. The number of furan rings is 1. The molecule has 9 heteroatoms. The number of ether oxygens (including phenoxy) is 1. The fourth-order valence-corrected chi connectivity index (χ4v) is 4.12. The Morgan fingerprint density at radius 3 is 2.59 bits per heavy atom. The summed E-state index contributed by atoms with van der Waals surface area (Å²) in [5.74, 6) is 0.925. The molecule has 0 unspecified atom stereocenters. The van der Waals surface area contributed by atoms with Crippen LogP contribution in [0, 0.1) is 6.92 Å². The molecule has 170 valence electrons. The van der Waals surface area contributed by atoms with Crippen LogP contribution in [0.4, 0.5) is 0 Å². The highest BCUT2D eigenvalue weighted by Crippen LogP contribution is 2.30. The summed E-state index contributed by atoms with van der Waals surface area (Å²) >= 11 is 0. The Bertz CT molecular complexity index is 1040. The van der Waals surface area contributed by atoms with Crippen molar-refractivity contribution in [1.82, 2.24) is 20.8 Å². The second-order valence-corrected chi connectivity index (χ2v) is 8.14. The fourth-order valence-electron chi connectivity index (χ4n) is 4.12. The minimum absolute atomic E-state index is 0.251. The molecule has 9 nitrogen and oxygen atoms in total. The average Bonchev–Trinajstić information content (AvgIpc) is 3.16. The Morgan fingerprint density at radius 2 is 1.84 bits per heavy atom. The van der Waals surface area contributed by atoms with Crippen LogP contribution in [0.2, 0.25) is 0 Å². The van der Waals surface area contributed by atoms with Crippen molar-refractivity contribution in [2.45, 2.75) is 26.2 Å². The fraction of sp³-hybridized carbons (Fsp3) is 0.435. The molecule has 0 saturated carbocycles. The number of rotatable bonds is 5. The Hall–Kier alpha value is -3.17. The lowest BCUT2D eigenvalue weighted by atomic mass is 9.93. The maximum absolute atomic E-state index is 12.9. The first kappa shape index (κ1) is 22.0. The van der Waals surface area contributed by atoms with Crippen LogP contribution in [0.1, 0.15) is 50.6 Å². The highest BCUT2D eigenvalue weighted by Gasteiger charge is 2.29. The van der Waals surface area contributed by atoms with E-state index in [1.54, 1.807) is 24.3 Å². The molecule has 2 N–H and O–H groups in total. The van der Waals surface area contributed by atoms with E-state index in [0.29, 0.717) is 23.5 Å². The van der Waals surface area contributed by atoms with Crippen LogP contribution in [0.15, 0.2) is 33.8 Å². The van der Waals surface area contributed by atoms with Crippen LogP contribution in [0.25, 0.3) is 0 Å². The number of nitrogens with one attached hydrogen (secondary N) is 2. The normalized spacial score (nSPS) is 18.3. The highest BCUT2D eigenvalue weighted by atomic mass is 16.5. The van der Waals surface area contributed by atoms with Gasteiger partial charge in [-0.25, -0.2) is 10.4 Å². The van der Waals surface area contributed by atoms with E-state index in [-0.39, 0.29) is 11.8 Å². The second kappa shape index (κ2) is 9.54. The number of hydrazone groups is 1. The number of carbonyl (C=O) groups excluding carboxylic acids is 2. The Labute approximate surface area is 187 Å². The Morgan fingerprint density at radius 1 is 1.09 bits per heavy atom. The van der Waals surface area contributed by atoms with E-state index in [0.717, 1.165) is 61.6 Å². The van der Waals surface area contributed by atoms with Crippen LogP contribution in [-0.4, -0.2) is 67.8 Å². The summed E-state index contributed by atoms with van der Waals surface area (Å²) in [5.41, 5.74) is 8.28. The van der Waals surface area contributed by atoms with E-state index in [4.69, 9.17) is 9.15 Å². The van der Waals surface area contributed by atoms with Crippen molar-refractivity contribution in [3.63, 3.8) is 0 Å². The average molecular weight is 440 g/mol. The summed E-state index contributed by atoms with van der Waals surface area (Å²) in [6.07, 6.45) is 2.26.